The zero-order valence-corrected chi connectivity index (χ0v) is 20.3. The van der Waals surface area contributed by atoms with Crippen molar-refractivity contribution in [3.05, 3.63) is 59.8 Å². The van der Waals surface area contributed by atoms with Gasteiger partial charge in [-0.05, 0) is 53.9 Å². The molecule has 1 saturated heterocycles. The topological polar surface area (TPSA) is 104 Å². The summed E-state index contributed by atoms with van der Waals surface area (Å²) < 4.78 is 5.32. The van der Waals surface area contributed by atoms with Gasteiger partial charge in [0.25, 0.3) is 0 Å². The number of thioether (sulfide) groups is 1. The summed E-state index contributed by atoms with van der Waals surface area (Å²) >= 11 is 1.54. The first-order valence-corrected chi connectivity index (χ1v) is 12.7. The monoisotopic (exact) mass is 492 g/mol. The van der Waals surface area contributed by atoms with Gasteiger partial charge in [-0.2, -0.15) is 0 Å². The van der Waals surface area contributed by atoms with Gasteiger partial charge in [0.1, 0.15) is 5.75 Å². The summed E-state index contributed by atoms with van der Waals surface area (Å²) in [5.41, 5.74) is 3.43. The van der Waals surface area contributed by atoms with Crippen molar-refractivity contribution in [1.82, 2.24) is 15.2 Å². The zero-order chi connectivity index (χ0) is 24.4. The molecule has 3 N–H and O–H groups in total. The van der Waals surface area contributed by atoms with Crippen LogP contribution in [-0.4, -0.2) is 58.8 Å². The van der Waals surface area contributed by atoms with Gasteiger partial charge in [0.2, 0.25) is 11.8 Å². The molecule has 3 aromatic rings. The fourth-order valence-corrected chi connectivity index (χ4v) is 5.41. The van der Waals surface area contributed by atoms with Crippen molar-refractivity contribution < 1.29 is 19.4 Å². The number of carbonyl (C=O) groups excluding carboxylic acids is 2. The van der Waals surface area contributed by atoms with E-state index in [1.165, 1.54) is 0 Å². The van der Waals surface area contributed by atoms with Crippen molar-refractivity contribution in [3.63, 3.8) is 0 Å². The van der Waals surface area contributed by atoms with Gasteiger partial charge in [-0.15, -0.1) is 11.8 Å². The minimum absolute atomic E-state index is 0.0201. The lowest BCUT2D eigenvalue weighted by atomic mass is 10.0. The van der Waals surface area contributed by atoms with Crippen molar-refractivity contribution in [3.8, 4) is 5.75 Å². The standard InChI is InChI=1S/C26H28N4O4S/c1-34-18-3-4-21-20(12-18)19(6-8-27-21)23(31)14-30-9-7-17(11-26(30)33)28-13-16-2-5-24-22(10-16)29-25(32)15-35-24/h2-6,8,10,12,17,23,28,31H,7,9,11,13-15H2,1H3,(H,29,32). The van der Waals surface area contributed by atoms with Crippen LogP contribution in [0, 0.1) is 0 Å². The molecule has 1 aromatic heterocycles. The van der Waals surface area contributed by atoms with Gasteiger partial charge >= 0.3 is 0 Å². The highest BCUT2D eigenvalue weighted by atomic mass is 32.2. The summed E-state index contributed by atoms with van der Waals surface area (Å²) in [5, 5.41) is 18.2. The number of nitrogens with one attached hydrogen (secondary N) is 2. The van der Waals surface area contributed by atoms with Crippen LogP contribution in [0.1, 0.15) is 30.1 Å². The predicted octanol–water partition coefficient (Wildman–Crippen LogP) is 3.10. The van der Waals surface area contributed by atoms with Crippen molar-refractivity contribution in [1.29, 1.82) is 0 Å². The van der Waals surface area contributed by atoms with Gasteiger partial charge in [0, 0.05) is 42.0 Å². The number of piperidine rings is 1. The first-order chi connectivity index (χ1) is 17.0. The van der Waals surface area contributed by atoms with Gasteiger partial charge < -0.3 is 25.4 Å². The van der Waals surface area contributed by atoms with Crippen LogP contribution < -0.4 is 15.4 Å². The number of pyridine rings is 1. The van der Waals surface area contributed by atoms with Crippen molar-refractivity contribution >= 4 is 40.2 Å². The second-order valence-corrected chi connectivity index (χ2v) is 9.89. The third kappa shape index (κ3) is 5.27. The molecule has 182 valence electrons. The first kappa shape index (κ1) is 23.6. The number of benzene rings is 2. The summed E-state index contributed by atoms with van der Waals surface area (Å²) in [7, 11) is 1.60. The SMILES string of the molecule is COc1ccc2nccc(C(O)CN3CCC(NCc4ccc5c(c4)NC(=O)CS5)CC3=O)c2c1. The maximum Gasteiger partial charge on any atom is 0.234 e. The molecule has 8 nitrogen and oxygen atoms in total. The number of hydrogen-bond donors (Lipinski definition) is 3. The highest BCUT2D eigenvalue weighted by Gasteiger charge is 2.28. The molecule has 0 bridgehead atoms. The molecular formula is C26H28N4O4S. The Labute approximate surface area is 208 Å². The lowest BCUT2D eigenvalue weighted by molar-refractivity contribution is -0.135. The number of anilines is 1. The average molecular weight is 493 g/mol. The fraction of sp³-hybridized carbons (Fsp3) is 0.346. The molecule has 0 radical (unpaired) electrons. The summed E-state index contributed by atoms with van der Waals surface area (Å²) in [5.74, 6) is 1.19. The molecule has 3 heterocycles. The lowest BCUT2D eigenvalue weighted by Gasteiger charge is -2.33. The largest absolute Gasteiger partial charge is 0.497 e. The molecule has 0 aliphatic carbocycles. The molecule has 5 rings (SSSR count). The molecule has 2 aromatic carbocycles. The number of aromatic nitrogens is 1. The molecule has 2 unspecified atom stereocenters. The number of rotatable bonds is 7. The molecule has 1 fully saturated rings. The summed E-state index contributed by atoms with van der Waals surface area (Å²) in [6.45, 7) is 1.44. The summed E-state index contributed by atoms with van der Waals surface area (Å²) in [6.07, 6.45) is 2.05. The number of β-amino-alcohol motifs (C(OH)–C–C–N with tert-alkyl or cyclic N) is 1. The van der Waals surface area contributed by atoms with Gasteiger partial charge in [0.15, 0.2) is 0 Å². The van der Waals surface area contributed by atoms with E-state index in [4.69, 9.17) is 4.74 Å². The fourth-order valence-electron chi connectivity index (χ4n) is 4.62. The van der Waals surface area contributed by atoms with E-state index in [9.17, 15) is 14.7 Å². The zero-order valence-electron chi connectivity index (χ0n) is 19.5. The molecular weight excluding hydrogens is 464 g/mol. The van der Waals surface area contributed by atoms with Crippen LogP contribution in [0.15, 0.2) is 53.6 Å². The number of methoxy groups -OCH3 is 1. The highest BCUT2D eigenvalue weighted by molar-refractivity contribution is 8.00. The van der Waals surface area contributed by atoms with Gasteiger partial charge in [0.05, 0.1) is 36.7 Å². The Morgan fingerprint density at radius 3 is 2.97 bits per heavy atom. The Balaban J connectivity index is 1.18. The van der Waals surface area contributed by atoms with Gasteiger partial charge in [-0.25, -0.2) is 0 Å². The molecule has 2 aliphatic heterocycles. The maximum atomic E-state index is 12.9. The first-order valence-electron chi connectivity index (χ1n) is 11.7. The molecule has 0 spiro atoms. The number of nitrogens with zero attached hydrogens (tertiary/aromatic N) is 2. The summed E-state index contributed by atoms with van der Waals surface area (Å²) in [4.78, 5) is 31.7. The van der Waals surface area contributed by atoms with Crippen LogP contribution in [-0.2, 0) is 16.1 Å². The second-order valence-electron chi connectivity index (χ2n) is 8.88. The number of hydrogen-bond acceptors (Lipinski definition) is 7. The Kier molecular flexibility index (Phi) is 6.90. The van der Waals surface area contributed by atoms with E-state index >= 15 is 0 Å². The molecule has 0 saturated carbocycles. The molecule has 2 amide bonds. The molecule has 35 heavy (non-hydrogen) atoms. The Morgan fingerprint density at radius 1 is 1.26 bits per heavy atom. The number of amides is 2. The van der Waals surface area contributed by atoms with Crippen LogP contribution >= 0.6 is 11.8 Å². The Hall–Kier alpha value is -3.14. The van der Waals surface area contributed by atoms with Gasteiger partial charge in [-0.1, -0.05) is 6.07 Å². The van der Waals surface area contributed by atoms with E-state index in [0.29, 0.717) is 31.0 Å². The minimum Gasteiger partial charge on any atom is -0.497 e. The van der Waals surface area contributed by atoms with Crippen molar-refractivity contribution in [2.45, 2.75) is 36.4 Å². The predicted molar refractivity (Wildman–Crippen MR) is 135 cm³/mol. The smallest absolute Gasteiger partial charge is 0.234 e. The normalized spacial score (nSPS) is 18.8. The van der Waals surface area contributed by atoms with Crippen LogP contribution in [0.4, 0.5) is 5.69 Å². The van der Waals surface area contributed by atoms with Crippen molar-refractivity contribution in [2.24, 2.45) is 0 Å². The summed E-state index contributed by atoms with van der Waals surface area (Å²) in [6, 6.07) is 13.5. The van der Waals surface area contributed by atoms with Crippen LogP contribution in [0.2, 0.25) is 0 Å². The number of likely N-dealkylation sites (tertiary alicyclic amines) is 1. The Bertz CT molecular complexity index is 1270. The highest BCUT2D eigenvalue weighted by Crippen LogP contribution is 2.32. The quantitative estimate of drug-likeness (QED) is 0.466. The van der Waals surface area contributed by atoms with Crippen molar-refractivity contribution in [2.75, 3.05) is 31.3 Å². The number of fused-ring (bicyclic) bond motifs is 2. The molecule has 9 heteroatoms. The van der Waals surface area contributed by atoms with E-state index < -0.39 is 6.10 Å². The molecule has 2 atom stereocenters. The lowest BCUT2D eigenvalue weighted by Crippen LogP contribution is -2.47. The third-order valence-electron chi connectivity index (χ3n) is 6.53. The van der Waals surface area contributed by atoms with Crippen LogP contribution in [0.3, 0.4) is 0 Å². The Morgan fingerprint density at radius 2 is 2.14 bits per heavy atom. The number of aliphatic hydroxyl groups excluding tert-OH is 1. The molecule has 2 aliphatic rings. The van der Waals surface area contributed by atoms with E-state index in [-0.39, 0.29) is 24.4 Å². The minimum atomic E-state index is -0.815. The van der Waals surface area contributed by atoms with Crippen LogP contribution in [0.25, 0.3) is 10.9 Å². The van der Waals surface area contributed by atoms with E-state index in [1.54, 1.807) is 36.0 Å². The second kappa shape index (κ2) is 10.2. The van der Waals surface area contributed by atoms with Crippen LogP contribution in [0.5, 0.6) is 5.75 Å². The number of ether oxygens (including phenoxy) is 1. The van der Waals surface area contributed by atoms with E-state index in [1.807, 2.05) is 30.3 Å². The van der Waals surface area contributed by atoms with E-state index in [2.05, 4.69) is 21.7 Å². The number of carbonyl (C=O) groups is 2. The maximum absolute atomic E-state index is 12.9. The average Bonchev–Trinajstić information content (AvgIpc) is 2.87. The van der Waals surface area contributed by atoms with Gasteiger partial charge in [-0.3, -0.25) is 14.6 Å². The third-order valence-corrected chi connectivity index (χ3v) is 7.60. The number of aliphatic hydroxyl groups is 1. The van der Waals surface area contributed by atoms with E-state index in [0.717, 1.165) is 39.0 Å².